The van der Waals surface area contributed by atoms with Crippen LogP contribution in [-0.4, -0.2) is 16.5 Å². The molecule has 0 saturated heterocycles. The molecule has 114 valence electrons. The van der Waals surface area contributed by atoms with E-state index in [-0.39, 0.29) is 0 Å². The van der Waals surface area contributed by atoms with E-state index in [2.05, 4.69) is 45.3 Å². The van der Waals surface area contributed by atoms with Gasteiger partial charge in [0, 0.05) is 35.5 Å². The number of rotatable bonds is 5. The Morgan fingerprint density at radius 3 is 2.86 bits per heavy atom. The minimum atomic E-state index is 0.719. The van der Waals surface area contributed by atoms with Crippen LogP contribution < -0.4 is 10.1 Å². The van der Waals surface area contributed by atoms with E-state index >= 15 is 0 Å². The predicted molar refractivity (Wildman–Crippen MR) is 91.2 cm³/mol. The molecular weight excluding hydrogens is 342 g/mol. The SMILES string of the molecule is COc1ccc(C)cc1CNCc1cn2cc(Br)ccc2n1. The van der Waals surface area contributed by atoms with E-state index in [9.17, 15) is 0 Å². The van der Waals surface area contributed by atoms with Crippen LogP contribution in [0.2, 0.25) is 0 Å². The number of hydrogen-bond donors (Lipinski definition) is 1. The van der Waals surface area contributed by atoms with Gasteiger partial charge >= 0.3 is 0 Å². The number of methoxy groups -OCH3 is 1. The third-order valence-electron chi connectivity index (χ3n) is 3.52. The van der Waals surface area contributed by atoms with Crippen LogP contribution in [0.5, 0.6) is 5.75 Å². The number of fused-ring (bicyclic) bond motifs is 1. The van der Waals surface area contributed by atoms with E-state index in [1.54, 1.807) is 7.11 Å². The Hall–Kier alpha value is -1.85. The molecule has 0 spiro atoms. The lowest BCUT2D eigenvalue weighted by Crippen LogP contribution is -2.13. The Labute approximate surface area is 138 Å². The summed E-state index contributed by atoms with van der Waals surface area (Å²) in [5.41, 5.74) is 4.36. The maximum Gasteiger partial charge on any atom is 0.137 e. The van der Waals surface area contributed by atoms with Crippen molar-refractivity contribution in [3.05, 3.63) is 64.0 Å². The third-order valence-corrected chi connectivity index (χ3v) is 3.99. The Bertz CT molecular complexity index is 798. The van der Waals surface area contributed by atoms with Gasteiger partial charge < -0.3 is 14.5 Å². The zero-order valence-electron chi connectivity index (χ0n) is 12.6. The fraction of sp³-hybridized carbons (Fsp3) is 0.235. The van der Waals surface area contributed by atoms with Crippen molar-refractivity contribution in [2.75, 3.05) is 7.11 Å². The zero-order valence-corrected chi connectivity index (χ0v) is 14.2. The standard InChI is InChI=1S/C17H18BrN3O/c1-12-3-5-16(22-2)13(7-12)8-19-9-15-11-21-10-14(18)4-6-17(21)20-15/h3-7,10-11,19H,8-9H2,1-2H3. The van der Waals surface area contributed by atoms with Crippen LogP contribution in [-0.2, 0) is 13.1 Å². The monoisotopic (exact) mass is 359 g/mol. The smallest absolute Gasteiger partial charge is 0.137 e. The second-order valence-electron chi connectivity index (χ2n) is 5.26. The van der Waals surface area contributed by atoms with Crippen molar-refractivity contribution in [1.29, 1.82) is 0 Å². The van der Waals surface area contributed by atoms with Gasteiger partial charge in [-0.3, -0.25) is 0 Å². The van der Waals surface area contributed by atoms with Crippen molar-refractivity contribution < 1.29 is 4.74 Å². The highest BCUT2D eigenvalue weighted by Gasteiger charge is 2.05. The number of nitrogens with one attached hydrogen (secondary N) is 1. The number of halogens is 1. The summed E-state index contributed by atoms with van der Waals surface area (Å²) in [6.45, 7) is 3.56. The Morgan fingerprint density at radius 1 is 1.18 bits per heavy atom. The first-order valence-electron chi connectivity index (χ1n) is 7.13. The average molecular weight is 360 g/mol. The van der Waals surface area contributed by atoms with Gasteiger partial charge in [-0.25, -0.2) is 4.98 Å². The molecule has 1 N–H and O–H groups in total. The Kier molecular flexibility index (Phi) is 4.45. The fourth-order valence-corrected chi connectivity index (χ4v) is 2.83. The number of pyridine rings is 1. The van der Waals surface area contributed by atoms with Gasteiger partial charge in [0.25, 0.3) is 0 Å². The molecule has 0 bridgehead atoms. The summed E-state index contributed by atoms with van der Waals surface area (Å²) >= 11 is 3.47. The van der Waals surface area contributed by atoms with E-state index in [0.717, 1.165) is 40.2 Å². The van der Waals surface area contributed by atoms with E-state index in [0.29, 0.717) is 0 Å². The van der Waals surface area contributed by atoms with Gasteiger partial charge in [0.15, 0.2) is 0 Å². The maximum atomic E-state index is 5.40. The van der Waals surface area contributed by atoms with Crippen LogP contribution in [0.4, 0.5) is 0 Å². The van der Waals surface area contributed by atoms with Crippen LogP contribution in [0.25, 0.3) is 5.65 Å². The van der Waals surface area contributed by atoms with Gasteiger partial charge in [-0.05, 0) is 41.1 Å². The van der Waals surface area contributed by atoms with Crippen LogP contribution >= 0.6 is 15.9 Å². The number of aromatic nitrogens is 2. The number of nitrogens with zero attached hydrogens (tertiary/aromatic N) is 2. The molecule has 4 nitrogen and oxygen atoms in total. The average Bonchev–Trinajstić information content (AvgIpc) is 2.89. The number of hydrogen-bond acceptors (Lipinski definition) is 3. The molecule has 5 heteroatoms. The number of imidazole rings is 1. The Morgan fingerprint density at radius 2 is 2.05 bits per heavy atom. The predicted octanol–water partition coefficient (Wildman–Crippen LogP) is 3.70. The largest absolute Gasteiger partial charge is 0.496 e. The van der Waals surface area contributed by atoms with Crippen molar-refractivity contribution in [3.63, 3.8) is 0 Å². The summed E-state index contributed by atoms with van der Waals surface area (Å²) in [5.74, 6) is 0.914. The lowest BCUT2D eigenvalue weighted by molar-refractivity contribution is 0.407. The molecule has 0 saturated carbocycles. The Balaban J connectivity index is 1.68. The van der Waals surface area contributed by atoms with E-state index in [1.807, 2.05) is 35.0 Å². The van der Waals surface area contributed by atoms with Gasteiger partial charge in [0.1, 0.15) is 11.4 Å². The molecule has 3 aromatic rings. The first-order chi connectivity index (χ1) is 10.7. The van der Waals surface area contributed by atoms with Crippen molar-refractivity contribution >= 4 is 21.6 Å². The summed E-state index contributed by atoms with van der Waals surface area (Å²) in [6, 6.07) is 10.2. The quantitative estimate of drug-likeness (QED) is 0.754. The normalized spacial score (nSPS) is 11.0. The van der Waals surface area contributed by atoms with E-state index < -0.39 is 0 Å². The fourth-order valence-electron chi connectivity index (χ4n) is 2.47. The van der Waals surface area contributed by atoms with Gasteiger partial charge in [-0.2, -0.15) is 0 Å². The van der Waals surface area contributed by atoms with E-state index in [4.69, 9.17) is 4.74 Å². The summed E-state index contributed by atoms with van der Waals surface area (Å²) < 4.78 is 8.46. The minimum Gasteiger partial charge on any atom is -0.496 e. The number of benzene rings is 1. The molecule has 0 aliphatic heterocycles. The molecule has 0 fully saturated rings. The molecular formula is C17H18BrN3O. The van der Waals surface area contributed by atoms with Gasteiger partial charge in [-0.1, -0.05) is 17.7 Å². The van der Waals surface area contributed by atoms with Gasteiger partial charge in [0.05, 0.1) is 12.8 Å². The molecule has 0 aliphatic carbocycles. The van der Waals surface area contributed by atoms with Crippen LogP contribution in [0, 0.1) is 6.92 Å². The van der Waals surface area contributed by atoms with Gasteiger partial charge in [0.2, 0.25) is 0 Å². The molecule has 0 amide bonds. The highest BCUT2D eigenvalue weighted by atomic mass is 79.9. The molecule has 2 aromatic heterocycles. The highest BCUT2D eigenvalue weighted by molar-refractivity contribution is 9.10. The second-order valence-corrected chi connectivity index (χ2v) is 6.18. The molecule has 0 atom stereocenters. The molecule has 2 heterocycles. The molecule has 1 aromatic carbocycles. The topological polar surface area (TPSA) is 38.6 Å². The van der Waals surface area contributed by atoms with Crippen molar-refractivity contribution in [1.82, 2.24) is 14.7 Å². The molecule has 3 rings (SSSR count). The molecule has 0 unspecified atom stereocenters. The molecule has 0 radical (unpaired) electrons. The summed E-state index contributed by atoms with van der Waals surface area (Å²) in [6.07, 6.45) is 4.05. The van der Waals surface area contributed by atoms with E-state index in [1.165, 1.54) is 5.56 Å². The van der Waals surface area contributed by atoms with Crippen molar-refractivity contribution in [3.8, 4) is 5.75 Å². The zero-order chi connectivity index (χ0) is 15.5. The van der Waals surface area contributed by atoms with Crippen molar-refractivity contribution in [2.24, 2.45) is 0 Å². The molecule has 0 aliphatic rings. The number of aryl methyl sites for hydroxylation is 1. The van der Waals surface area contributed by atoms with Crippen LogP contribution in [0.3, 0.4) is 0 Å². The highest BCUT2D eigenvalue weighted by Crippen LogP contribution is 2.19. The van der Waals surface area contributed by atoms with Crippen LogP contribution in [0.1, 0.15) is 16.8 Å². The second kappa shape index (κ2) is 6.50. The summed E-state index contributed by atoms with van der Waals surface area (Å²) in [5, 5.41) is 3.43. The number of ether oxygens (including phenoxy) is 1. The summed E-state index contributed by atoms with van der Waals surface area (Å²) in [7, 11) is 1.70. The molecule has 22 heavy (non-hydrogen) atoms. The minimum absolute atomic E-state index is 0.719. The van der Waals surface area contributed by atoms with Gasteiger partial charge in [-0.15, -0.1) is 0 Å². The lowest BCUT2D eigenvalue weighted by atomic mass is 10.1. The van der Waals surface area contributed by atoms with Crippen LogP contribution in [0.15, 0.2) is 47.2 Å². The first-order valence-corrected chi connectivity index (χ1v) is 7.92. The maximum absolute atomic E-state index is 5.40. The summed E-state index contributed by atoms with van der Waals surface area (Å²) in [4.78, 5) is 4.59. The first kappa shape index (κ1) is 15.1. The third kappa shape index (κ3) is 3.31. The lowest BCUT2D eigenvalue weighted by Gasteiger charge is -2.10. The van der Waals surface area contributed by atoms with Crippen molar-refractivity contribution in [2.45, 2.75) is 20.0 Å².